The van der Waals surface area contributed by atoms with Crippen molar-refractivity contribution in [3.8, 4) is 0 Å². The average molecular weight is 254 g/mol. The highest BCUT2D eigenvalue weighted by Gasteiger charge is 2.31. The van der Waals surface area contributed by atoms with Gasteiger partial charge in [0, 0.05) is 37.9 Å². The van der Waals surface area contributed by atoms with Gasteiger partial charge in [0.25, 0.3) is 0 Å². The molecule has 0 bridgehead atoms. The number of carbonyl (C=O) groups excluding carboxylic acids is 2. The Bertz CT molecular complexity index is 318. The zero-order valence-electron chi connectivity index (χ0n) is 12.2. The third-order valence-corrected chi connectivity index (χ3v) is 3.14. The molecule has 1 heterocycles. The van der Waals surface area contributed by atoms with E-state index in [0.717, 1.165) is 6.54 Å². The molecule has 104 valence electrons. The number of nitrogens with one attached hydrogen (secondary N) is 1. The van der Waals surface area contributed by atoms with E-state index < -0.39 is 0 Å². The molecule has 1 aliphatic heterocycles. The average Bonchev–Trinajstić information content (AvgIpc) is 2.54. The molecule has 4 heteroatoms. The summed E-state index contributed by atoms with van der Waals surface area (Å²) in [5.41, 5.74) is 0.0134. The Morgan fingerprint density at radius 3 is 2.50 bits per heavy atom. The number of hydrogen-bond donors (Lipinski definition) is 1. The molecule has 1 N–H and O–H groups in total. The van der Waals surface area contributed by atoms with Crippen molar-refractivity contribution in [1.82, 2.24) is 10.2 Å². The fourth-order valence-corrected chi connectivity index (χ4v) is 2.25. The lowest BCUT2D eigenvalue weighted by Gasteiger charge is -2.21. The summed E-state index contributed by atoms with van der Waals surface area (Å²) >= 11 is 0. The zero-order chi connectivity index (χ0) is 13.9. The minimum atomic E-state index is 0.0134. The van der Waals surface area contributed by atoms with Gasteiger partial charge in [0.05, 0.1) is 0 Å². The molecule has 4 nitrogen and oxygen atoms in total. The lowest BCUT2D eigenvalue weighted by Crippen LogP contribution is -2.35. The maximum atomic E-state index is 11.7. The monoisotopic (exact) mass is 254 g/mol. The fraction of sp³-hybridized carbons (Fsp3) is 0.857. The number of hydrogen-bond acceptors (Lipinski definition) is 2. The maximum Gasteiger partial charge on any atom is 0.223 e. The molecule has 0 aliphatic carbocycles. The highest BCUT2D eigenvalue weighted by atomic mass is 16.2. The van der Waals surface area contributed by atoms with Crippen LogP contribution in [0.4, 0.5) is 0 Å². The van der Waals surface area contributed by atoms with Crippen LogP contribution in [0.15, 0.2) is 0 Å². The minimum absolute atomic E-state index is 0.0134. The third kappa shape index (κ3) is 4.67. The SMILES string of the molecule is CC(C)N1CC(CNC(=O)CC(C)(C)C)CC1=O. The summed E-state index contributed by atoms with van der Waals surface area (Å²) in [7, 11) is 0. The van der Waals surface area contributed by atoms with E-state index in [-0.39, 0.29) is 29.2 Å². The van der Waals surface area contributed by atoms with Crippen LogP contribution < -0.4 is 5.32 Å². The van der Waals surface area contributed by atoms with Crippen LogP contribution in [0.2, 0.25) is 0 Å². The zero-order valence-corrected chi connectivity index (χ0v) is 12.2. The molecule has 0 spiro atoms. The highest BCUT2D eigenvalue weighted by molar-refractivity contribution is 5.79. The molecule has 1 unspecified atom stereocenters. The molecule has 1 saturated heterocycles. The van der Waals surface area contributed by atoms with E-state index in [0.29, 0.717) is 19.4 Å². The topological polar surface area (TPSA) is 49.4 Å². The number of carbonyl (C=O) groups is 2. The van der Waals surface area contributed by atoms with Gasteiger partial charge in [0.15, 0.2) is 0 Å². The predicted molar refractivity (Wildman–Crippen MR) is 72.0 cm³/mol. The Kier molecular flexibility index (Phi) is 4.77. The van der Waals surface area contributed by atoms with Gasteiger partial charge in [-0.15, -0.1) is 0 Å². The molecule has 1 atom stereocenters. The number of likely N-dealkylation sites (tertiary alicyclic amines) is 1. The van der Waals surface area contributed by atoms with Crippen molar-refractivity contribution in [3.63, 3.8) is 0 Å². The Labute approximate surface area is 110 Å². The van der Waals surface area contributed by atoms with Crippen molar-refractivity contribution in [3.05, 3.63) is 0 Å². The van der Waals surface area contributed by atoms with Crippen LogP contribution in [0.25, 0.3) is 0 Å². The molecule has 0 aromatic rings. The molecule has 0 radical (unpaired) electrons. The van der Waals surface area contributed by atoms with Crippen molar-refractivity contribution < 1.29 is 9.59 Å². The Hall–Kier alpha value is -1.06. The lowest BCUT2D eigenvalue weighted by molar-refractivity contribution is -0.129. The van der Waals surface area contributed by atoms with Gasteiger partial charge >= 0.3 is 0 Å². The van der Waals surface area contributed by atoms with E-state index in [1.165, 1.54) is 0 Å². The Balaban J connectivity index is 2.34. The van der Waals surface area contributed by atoms with Crippen LogP contribution in [0, 0.1) is 11.3 Å². The summed E-state index contributed by atoms with van der Waals surface area (Å²) < 4.78 is 0. The second kappa shape index (κ2) is 5.72. The molecule has 1 rings (SSSR count). The van der Waals surface area contributed by atoms with E-state index in [1.54, 1.807) is 0 Å². The van der Waals surface area contributed by atoms with Crippen LogP contribution in [-0.2, 0) is 9.59 Å². The standard InChI is InChI=1S/C14H26N2O2/c1-10(2)16-9-11(6-13(16)18)8-15-12(17)7-14(3,4)5/h10-11H,6-9H2,1-5H3,(H,15,17). The number of rotatable bonds is 4. The van der Waals surface area contributed by atoms with Gasteiger partial charge in [0.1, 0.15) is 0 Å². The van der Waals surface area contributed by atoms with Gasteiger partial charge in [-0.1, -0.05) is 20.8 Å². The van der Waals surface area contributed by atoms with Gasteiger partial charge in [-0.2, -0.15) is 0 Å². The van der Waals surface area contributed by atoms with E-state index in [4.69, 9.17) is 0 Å². The molecule has 1 fully saturated rings. The molecule has 0 saturated carbocycles. The normalized spacial score (nSPS) is 20.7. The van der Waals surface area contributed by atoms with Crippen LogP contribution in [0.5, 0.6) is 0 Å². The van der Waals surface area contributed by atoms with E-state index >= 15 is 0 Å². The molecule has 0 aromatic carbocycles. The Morgan fingerprint density at radius 1 is 1.44 bits per heavy atom. The summed E-state index contributed by atoms with van der Waals surface area (Å²) in [6.07, 6.45) is 1.09. The first-order chi connectivity index (χ1) is 8.19. The quantitative estimate of drug-likeness (QED) is 0.831. The lowest BCUT2D eigenvalue weighted by atomic mass is 9.92. The van der Waals surface area contributed by atoms with Gasteiger partial charge in [0.2, 0.25) is 11.8 Å². The second-order valence-corrected chi connectivity index (χ2v) is 6.75. The summed E-state index contributed by atoms with van der Waals surface area (Å²) in [6.45, 7) is 11.6. The van der Waals surface area contributed by atoms with Gasteiger partial charge in [-0.05, 0) is 19.3 Å². The van der Waals surface area contributed by atoms with Crippen molar-refractivity contribution in [2.45, 2.75) is 53.5 Å². The van der Waals surface area contributed by atoms with Gasteiger partial charge < -0.3 is 10.2 Å². The molecule has 0 aromatic heterocycles. The number of amides is 2. The summed E-state index contributed by atoms with van der Waals surface area (Å²) in [4.78, 5) is 25.3. The van der Waals surface area contributed by atoms with Crippen LogP contribution in [0.1, 0.15) is 47.5 Å². The largest absolute Gasteiger partial charge is 0.356 e. The van der Waals surface area contributed by atoms with Crippen molar-refractivity contribution in [1.29, 1.82) is 0 Å². The molecule has 18 heavy (non-hydrogen) atoms. The van der Waals surface area contributed by atoms with Crippen LogP contribution in [-0.4, -0.2) is 35.8 Å². The van der Waals surface area contributed by atoms with Crippen molar-refractivity contribution in [2.24, 2.45) is 11.3 Å². The van der Waals surface area contributed by atoms with Crippen molar-refractivity contribution >= 4 is 11.8 Å². The Morgan fingerprint density at radius 2 is 2.06 bits per heavy atom. The van der Waals surface area contributed by atoms with Crippen LogP contribution in [0.3, 0.4) is 0 Å². The first-order valence-corrected chi connectivity index (χ1v) is 6.75. The van der Waals surface area contributed by atoms with E-state index in [9.17, 15) is 9.59 Å². The van der Waals surface area contributed by atoms with Crippen LogP contribution >= 0.6 is 0 Å². The van der Waals surface area contributed by atoms with Gasteiger partial charge in [-0.3, -0.25) is 9.59 Å². The van der Waals surface area contributed by atoms with Crippen molar-refractivity contribution in [2.75, 3.05) is 13.1 Å². The molecular formula is C14H26N2O2. The minimum Gasteiger partial charge on any atom is -0.356 e. The van der Waals surface area contributed by atoms with E-state index in [1.807, 2.05) is 39.5 Å². The third-order valence-electron chi connectivity index (χ3n) is 3.14. The number of nitrogens with zero attached hydrogens (tertiary/aromatic N) is 1. The maximum absolute atomic E-state index is 11.7. The summed E-state index contributed by atoms with van der Waals surface area (Å²) in [6, 6.07) is 0.257. The first-order valence-electron chi connectivity index (χ1n) is 6.75. The van der Waals surface area contributed by atoms with E-state index in [2.05, 4.69) is 5.32 Å². The van der Waals surface area contributed by atoms with Gasteiger partial charge in [-0.25, -0.2) is 0 Å². The predicted octanol–water partition coefficient (Wildman–Crippen LogP) is 1.80. The highest BCUT2D eigenvalue weighted by Crippen LogP contribution is 2.20. The first kappa shape index (κ1) is 15.0. The molecule has 2 amide bonds. The smallest absolute Gasteiger partial charge is 0.223 e. The second-order valence-electron chi connectivity index (χ2n) is 6.75. The fourth-order valence-electron chi connectivity index (χ4n) is 2.25. The summed E-state index contributed by atoms with van der Waals surface area (Å²) in [5, 5.41) is 2.94. The molecule has 1 aliphatic rings. The molecular weight excluding hydrogens is 228 g/mol. The summed E-state index contributed by atoms with van der Waals surface area (Å²) in [5.74, 6) is 0.557.